The highest BCUT2D eigenvalue weighted by Crippen LogP contribution is 2.21. The molecule has 0 heterocycles. The molecule has 0 saturated carbocycles. The van der Waals surface area contributed by atoms with Gasteiger partial charge in [0.1, 0.15) is 0 Å². The lowest BCUT2D eigenvalue weighted by Gasteiger charge is -2.09. The van der Waals surface area contributed by atoms with Crippen molar-refractivity contribution in [3.05, 3.63) is 12.7 Å². The third-order valence-corrected chi connectivity index (χ3v) is 5.94. The molecule has 0 aliphatic rings. The van der Waals surface area contributed by atoms with Crippen LogP contribution in [0.1, 0.15) is 70.6 Å². The molecule has 0 aromatic heterocycles. The highest BCUT2D eigenvalue weighted by atomic mass is 32.2. The van der Waals surface area contributed by atoms with Crippen molar-refractivity contribution < 1.29 is 22.7 Å². The Hall–Kier alpha value is -1.12. The van der Waals surface area contributed by atoms with Gasteiger partial charge in [-0.15, -0.1) is 6.58 Å². The fourth-order valence-electron chi connectivity index (χ4n) is 2.70. The van der Waals surface area contributed by atoms with Gasteiger partial charge in [0.2, 0.25) is 10.3 Å². The number of thioether (sulfide) groups is 1. The van der Waals surface area contributed by atoms with Gasteiger partial charge in [-0.05, 0) is 39.8 Å². The zero-order valence-corrected chi connectivity index (χ0v) is 19.6. The van der Waals surface area contributed by atoms with E-state index in [2.05, 4.69) is 6.58 Å². The lowest BCUT2D eigenvalue weighted by atomic mass is 10.1. The van der Waals surface area contributed by atoms with E-state index >= 15 is 0 Å². The summed E-state index contributed by atoms with van der Waals surface area (Å²) >= 11 is 1.26. The fraction of sp³-hybridized carbons (Fsp3) is 0.762. The van der Waals surface area contributed by atoms with E-state index in [1.807, 2.05) is 14.1 Å². The van der Waals surface area contributed by atoms with E-state index in [1.165, 1.54) is 30.0 Å². The van der Waals surface area contributed by atoms with Crippen molar-refractivity contribution in [1.82, 2.24) is 4.90 Å². The van der Waals surface area contributed by atoms with Crippen LogP contribution >= 0.6 is 11.8 Å². The van der Waals surface area contributed by atoms with Crippen molar-refractivity contribution in [2.24, 2.45) is 0 Å². The molecule has 0 N–H and O–H groups in total. The van der Waals surface area contributed by atoms with Crippen molar-refractivity contribution in [2.75, 3.05) is 27.2 Å². The highest BCUT2D eigenvalue weighted by Gasteiger charge is 2.10. The maximum Gasteiger partial charge on any atom is 0.320 e. The number of esters is 1. The number of ether oxygens (including phenoxy) is 1. The minimum Gasteiger partial charge on any atom is -0.465 e. The Labute approximate surface area is 182 Å². The first-order valence-corrected chi connectivity index (χ1v) is 12.4. The van der Waals surface area contributed by atoms with E-state index in [-0.39, 0.29) is 16.3 Å². The van der Waals surface area contributed by atoms with Crippen LogP contribution in [0.15, 0.2) is 12.7 Å². The molecule has 0 spiro atoms. The summed E-state index contributed by atoms with van der Waals surface area (Å²) in [4.78, 5) is 25.2. The second-order valence-electron chi connectivity index (χ2n) is 7.31. The Morgan fingerprint density at radius 3 is 2.17 bits per heavy atom. The average molecular weight is 448 g/mol. The van der Waals surface area contributed by atoms with E-state index in [4.69, 9.17) is 4.74 Å². The molecule has 0 aromatic rings. The molecule has 0 radical (unpaired) electrons. The standard InChI is InChI=1S/C21H37NO5S2/c1-4-19(14-13-17-29(25)26)28-21(24)15-11-9-7-5-6-8-10-12-16-27-20(23)18-22(2)3/h4,17,19H,1,5-16,18H2,2-3H3. The van der Waals surface area contributed by atoms with Gasteiger partial charge in [-0.1, -0.05) is 56.4 Å². The van der Waals surface area contributed by atoms with Crippen LogP contribution in [0.25, 0.3) is 0 Å². The van der Waals surface area contributed by atoms with Gasteiger partial charge in [0.25, 0.3) is 0 Å². The van der Waals surface area contributed by atoms with Crippen molar-refractivity contribution >= 4 is 38.5 Å². The number of unbranched alkanes of at least 4 members (excludes halogenated alkanes) is 7. The van der Waals surface area contributed by atoms with Crippen LogP contribution in [0.5, 0.6) is 0 Å². The minimum absolute atomic E-state index is 0.0237. The molecule has 0 rings (SSSR count). The van der Waals surface area contributed by atoms with Crippen molar-refractivity contribution in [2.45, 2.75) is 75.9 Å². The molecule has 0 aliphatic heterocycles. The van der Waals surface area contributed by atoms with Crippen LogP contribution in [0.4, 0.5) is 0 Å². The van der Waals surface area contributed by atoms with Gasteiger partial charge in [0, 0.05) is 17.0 Å². The van der Waals surface area contributed by atoms with Crippen LogP contribution in [0, 0.1) is 0 Å². The molecule has 6 nitrogen and oxygen atoms in total. The molecular weight excluding hydrogens is 410 g/mol. The third-order valence-electron chi connectivity index (χ3n) is 4.23. The molecular formula is C21H37NO5S2. The largest absolute Gasteiger partial charge is 0.465 e. The zero-order valence-electron chi connectivity index (χ0n) is 17.9. The number of nitrogens with zero attached hydrogens (tertiary/aromatic N) is 1. The first-order valence-electron chi connectivity index (χ1n) is 10.4. The van der Waals surface area contributed by atoms with Crippen LogP contribution < -0.4 is 0 Å². The summed E-state index contributed by atoms with van der Waals surface area (Å²) in [5.41, 5.74) is 0. The van der Waals surface area contributed by atoms with Gasteiger partial charge in [-0.3, -0.25) is 14.5 Å². The molecule has 1 atom stereocenters. The van der Waals surface area contributed by atoms with E-state index in [0.29, 0.717) is 32.4 Å². The number of likely N-dealkylation sites (N-methyl/N-ethyl adjacent to an activating group) is 1. The molecule has 0 fully saturated rings. The highest BCUT2D eigenvalue weighted by molar-refractivity contribution is 8.14. The molecule has 0 bridgehead atoms. The fourth-order valence-corrected chi connectivity index (χ4v) is 3.98. The van der Waals surface area contributed by atoms with Crippen molar-refractivity contribution in [3.63, 3.8) is 0 Å². The maximum absolute atomic E-state index is 12.0. The zero-order chi connectivity index (χ0) is 21.9. The quantitative estimate of drug-likeness (QED) is 0.136. The SMILES string of the molecule is C=CC(CCC=S(=O)=O)SC(=O)CCCCCCCCCCOC(=O)CN(C)C. The van der Waals surface area contributed by atoms with Crippen LogP contribution in [-0.2, 0) is 24.6 Å². The van der Waals surface area contributed by atoms with Crippen molar-refractivity contribution in [1.29, 1.82) is 0 Å². The molecule has 29 heavy (non-hydrogen) atoms. The van der Waals surface area contributed by atoms with Crippen LogP contribution in [0.2, 0.25) is 0 Å². The Morgan fingerprint density at radius 2 is 1.62 bits per heavy atom. The number of hydrogen-bond donors (Lipinski definition) is 0. The lowest BCUT2D eigenvalue weighted by molar-refractivity contribution is -0.144. The summed E-state index contributed by atoms with van der Waals surface area (Å²) in [5.74, 6) is -0.167. The van der Waals surface area contributed by atoms with Gasteiger partial charge >= 0.3 is 5.97 Å². The molecule has 0 aliphatic carbocycles. The number of carbonyl (C=O) groups is 2. The second kappa shape index (κ2) is 18.9. The van der Waals surface area contributed by atoms with E-state index in [9.17, 15) is 18.0 Å². The first kappa shape index (κ1) is 27.9. The normalized spacial score (nSPS) is 11.8. The molecule has 168 valence electrons. The molecule has 0 aromatic carbocycles. The molecule has 1 unspecified atom stereocenters. The van der Waals surface area contributed by atoms with Gasteiger partial charge in [-0.2, -0.15) is 8.42 Å². The lowest BCUT2D eigenvalue weighted by Crippen LogP contribution is -2.23. The van der Waals surface area contributed by atoms with Gasteiger partial charge in [0.15, 0.2) is 5.12 Å². The van der Waals surface area contributed by atoms with Gasteiger partial charge < -0.3 is 4.74 Å². The summed E-state index contributed by atoms with van der Waals surface area (Å²) in [6.07, 6.45) is 11.9. The Bertz CT molecular complexity index is 594. The summed E-state index contributed by atoms with van der Waals surface area (Å²) in [7, 11) is 1.55. The number of carbonyl (C=O) groups excluding carboxylic acids is 2. The summed E-state index contributed by atoms with van der Waals surface area (Å²) in [5, 5.41) is 1.35. The van der Waals surface area contributed by atoms with Gasteiger partial charge in [-0.25, -0.2) is 0 Å². The monoisotopic (exact) mass is 447 g/mol. The first-order chi connectivity index (χ1) is 13.8. The summed E-state index contributed by atoms with van der Waals surface area (Å²) < 4.78 is 26.1. The summed E-state index contributed by atoms with van der Waals surface area (Å²) in [6, 6.07) is 0. The van der Waals surface area contributed by atoms with Crippen molar-refractivity contribution in [3.8, 4) is 0 Å². The van der Waals surface area contributed by atoms with E-state index in [1.54, 1.807) is 11.0 Å². The Balaban J connectivity index is 3.53. The number of hydrogen-bond acceptors (Lipinski definition) is 7. The van der Waals surface area contributed by atoms with Crippen LogP contribution in [-0.4, -0.2) is 62.3 Å². The third kappa shape index (κ3) is 19.9. The molecule has 0 saturated heterocycles. The second-order valence-corrected chi connectivity index (χ2v) is 9.46. The van der Waals surface area contributed by atoms with E-state index in [0.717, 1.165) is 38.5 Å². The van der Waals surface area contributed by atoms with Gasteiger partial charge in [0.05, 0.1) is 13.2 Å². The van der Waals surface area contributed by atoms with Crippen LogP contribution in [0.3, 0.4) is 0 Å². The minimum atomic E-state index is -2.14. The predicted octanol–water partition coefficient (Wildman–Crippen LogP) is 3.88. The van der Waals surface area contributed by atoms with E-state index < -0.39 is 10.3 Å². The smallest absolute Gasteiger partial charge is 0.320 e. The molecule has 0 amide bonds. The molecule has 8 heteroatoms. The number of rotatable bonds is 18. The topological polar surface area (TPSA) is 80.7 Å². The predicted molar refractivity (Wildman–Crippen MR) is 122 cm³/mol. The Kier molecular flexibility index (Phi) is 18.2. The maximum atomic E-state index is 12.0. The Morgan fingerprint density at radius 1 is 1.03 bits per heavy atom. The summed E-state index contributed by atoms with van der Waals surface area (Å²) in [6.45, 7) is 4.56. The average Bonchev–Trinajstić information content (AvgIpc) is 2.64.